The second kappa shape index (κ2) is 12.2. The van der Waals surface area contributed by atoms with Crippen LogP contribution in [-0.4, -0.2) is 51.8 Å². The zero-order valence-electron chi connectivity index (χ0n) is 18.7. The minimum absolute atomic E-state index is 0. The normalized spacial score (nSPS) is 18.8. The molecule has 172 valence electrons. The number of hydrogen-bond acceptors (Lipinski definition) is 5. The number of fused-ring (bicyclic) bond motifs is 1. The number of aliphatic imine (C=N–C) groups is 1. The van der Waals surface area contributed by atoms with Gasteiger partial charge in [-0.25, -0.2) is 4.99 Å². The number of aromatic nitrogens is 3. The topological polar surface area (TPSA) is 70.4 Å². The van der Waals surface area contributed by atoms with E-state index in [0.717, 1.165) is 49.6 Å². The molecule has 1 fully saturated rings. The molecule has 4 rings (SSSR count). The number of guanidine groups is 1. The van der Waals surface area contributed by atoms with Gasteiger partial charge in [0, 0.05) is 30.9 Å². The minimum Gasteiger partial charge on any atom is -0.357 e. The van der Waals surface area contributed by atoms with Gasteiger partial charge in [0.1, 0.15) is 12.4 Å². The summed E-state index contributed by atoms with van der Waals surface area (Å²) in [6, 6.07) is 4.82. The van der Waals surface area contributed by atoms with Crippen molar-refractivity contribution in [2.45, 2.75) is 65.1 Å². The van der Waals surface area contributed by atoms with E-state index in [0.29, 0.717) is 12.6 Å². The Balaban J connectivity index is 0.00000272. The number of nitrogens with zero attached hydrogens (tertiary/aromatic N) is 5. The maximum atomic E-state index is 4.83. The first-order valence-corrected chi connectivity index (χ1v) is 12.3. The highest BCUT2D eigenvalue weighted by atomic mass is 127. The lowest BCUT2D eigenvalue weighted by Crippen LogP contribution is -2.45. The summed E-state index contributed by atoms with van der Waals surface area (Å²) in [5, 5.41) is 17.9. The minimum atomic E-state index is 0. The van der Waals surface area contributed by atoms with E-state index < -0.39 is 0 Å². The number of aryl methyl sites for hydroxylation is 1. The fourth-order valence-electron chi connectivity index (χ4n) is 4.40. The van der Waals surface area contributed by atoms with Crippen LogP contribution in [0.5, 0.6) is 0 Å². The van der Waals surface area contributed by atoms with E-state index in [2.05, 4.69) is 61.7 Å². The molecule has 2 aliphatic heterocycles. The number of nitrogens with one attached hydrogen (secondary N) is 2. The van der Waals surface area contributed by atoms with Gasteiger partial charge in [0.25, 0.3) is 0 Å². The molecular formula is C22H36IN7S. The monoisotopic (exact) mass is 557 g/mol. The summed E-state index contributed by atoms with van der Waals surface area (Å²) < 4.78 is 2.25. The molecule has 2 aromatic rings. The molecule has 0 saturated carbocycles. The van der Waals surface area contributed by atoms with Crippen molar-refractivity contribution in [3.05, 3.63) is 34.0 Å². The van der Waals surface area contributed by atoms with Crippen LogP contribution in [0.1, 0.15) is 62.1 Å². The molecule has 2 N–H and O–H groups in total. The van der Waals surface area contributed by atoms with Gasteiger partial charge in [-0.3, -0.25) is 4.90 Å². The van der Waals surface area contributed by atoms with Gasteiger partial charge in [-0.05, 0) is 63.1 Å². The second-order valence-electron chi connectivity index (χ2n) is 8.47. The van der Waals surface area contributed by atoms with Crippen molar-refractivity contribution in [2.75, 3.05) is 26.2 Å². The first kappa shape index (κ1) is 24.4. The van der Waals surface area contributed by atoms with Crippen LogP contribution in [0.25, 0.3) is 0 Å². The zero-order valence-corrected chi connectivity index (χ0v) is 21.9. The molecule has 0 aliphatic carbocycles. The van der Waals surface area contributed by atoms with Crippen molar-refractivity contribution in [3.8, 4) is 0 Å². The number of thiophene rings is 1. The maximum Gasteiger partial charge on any atom is 0.191 e. The Morgan fingerprint density at radius 3 is 2.81 bits per heavy atom. The Labute approximate surface area is 207 Å². The van der Waals surface area contributed by atoms with Gasteiger partial charge in [-0.2, -0.15) is 0 Å². The standard InChI is InChI=1S/C22H35N7S.HI/c1-3-23-22(25-16-21-27-26-20-8-4-5-11-29(20)21)24-15-18(19-7-6-14-30-19)28-12-9-17(2)10-13-28;/h6-7,14,17-18H,3-5,8-13,15-16H2,1-2H3,(H2,23,24,25);1H. The van der Waals surface area contributed by atoms with E-state index in [1.807, 2.05) is 11.3 Å². The summed E-state index contributed by atoms with van der Waals surface area (Å²) in [5.74, 6) is 3.78. The third-order valence-electron chi connectivity index (χ3n) is 6.25. The van der Waals surface area contributed by atoms with Crippen molar-refractivity contribution in [2.24, 2.45) is 10.9 Å². The van der Waals surface area contributed by atoms with Gasteiger partial charge in [0.2, 0.25) is 0 Å². The van der Waals surface area contributed by atoms with Crippen LogP contribution in [0.2, 0.25) is 0 Å². The van der Waals surface area contributed by atoms with E-state index >= 15 is 0 Å². The predicted octanol–water partition coefficient (Wildman–Crippen LogP) is 3.82. The largest absolute Gasteiger partial charge is 0.357 e. The Morgan fingerprint density at radius 2 is 2.06 bits per heavy atom. The quantitative estimate of drug-likeness (QED) is 0.308. The summed E-state index contributed by atoms with van der Waals surface area (Å²) >= 11 is 1.85. The molecular weight excluding hydrogens is 521 g/mol. The van der Waals surface area contributed by atoms with E-state index in [4.69, 9.17) is 4.99 Å². The summed E-state index contributed by atoms with van der Waals surface area (Å²) in [4.78, 5) is 8.90. The van der Waals surface area contributed by atoms with Gasteiger partial charge in [-0.15, -0.1) is 45.5 Å². The molecule has 0 aromatic carbocycles. The van der Waals surface area contributed by atoms with Gasteiger partial charge < -0.3 is 15.2 Å². The number of likely N-dealkylation sites (tertiary alicyclic amines) is 1. The fraction of sp³-hybridized carbons (Fsp3) is 0.682. The summed E-state index contributed by atoms with van der Waals surface area (Å²) in [6.07, 6.45) is 6.02. The number of hydrogen-bond donors (Lipinski definition) is 2. The number of piperidine rings is 1. The van der Waals surface area contributed by atoms with Crippen LogP contribution in [-0.2, 0) is 19.5 Å². The van der Waals surface area contributed by atoms with E-state index in [-0.39, 0.29) is 24.0 Å². The molecule has 7 nitrogen and oxygen atoms in total. The van der Waals surface area contributed by atoms with Crippen LogP contribution in [0.4, 0.5) is 0 Å². The molecule has 0 bridgehead atoms. The van der Waals surface area contributed by atoms with E-state index in [1.54, 1.807) is 0 Å². The molecule has 0 spiro atoms. The van der Waals surface area contributed by atoms with Crippen molar-refractivity contribution in [1.82, 2.24) is 30.3 Å². The van der Waals surface area contributed by atoms with Gasteiger partial charge in [0.05, 0.1) is 6.04 Å². The highest BCUT2D eigenvalue weighted by molar-refractivity contribution is 14.0. The lowest BCUT2D eigenvalue weighted by atomic mass is 9.97. The van der Waals surface area contributed by atoms with Crippen molar-refractivity contribution in [1.29, 1.82) is 0 Å². The van der Waals surface area contributed by atoms with Gasteiger partial charge >= 0.3 is 0 Å². The molecule has 0 amide bonds. The smallest absolute Gasteiger partial charge is 0.191 e. The third-order valence-corrected chi connectivity index (χ3v) is 7.23. The molecule has 0 radical (unpaired) electrons. The third kappa shape index (κ3) is 6.41. The van der Waals surface area contributed by atoms with Crippen molar-refractivity contribution in [3.63, 3.8) is 0 Å². The van der Waals surface area contributed by atoms with Gasteiger partial charge in [0.15, 0.2) is 11.8 Å². The first-order valence-electron chi connectivity index (χ1n) is 11.4. The number of halogens is 1. The molecule has 1 unspecified atom stereocenters. The average molecular weight is 558 g/mol. The molecule has 2 aromatic heterocycles. The van der Waals surface area contributed by atoms with E-state index in [1.165, 1.54) is 43.6 Å². The van der Waals surface area contributed by atoms with Crippen LogP contribution in [0.3, 0.4) is 0 Å². The zero-order chi connectivity index (χ0) is 20.8. The lowest BCUT2D eigenvalue weighted by molar-refractivity contribution is 0.140. The maximum absolute atomic E-state index is 4.83. The van der Waals surface area contributed by atoms with Crippen LogP contribution < -0.4 is 10.6 Å². The molecule has 31 heavy (non-hydrogen) atoms. The van der Waals surface area contributed by atoms with Gasteiger partial charge in [-0.1, -0.05) is 13.0 Å². The summed E-state index contributed by atoms with van der Waals surface area (Å²) in [7, 11) is 0. The predicted molar refractivity (Wildman–Crippen MR) is 138 cm³/mol. The highest BCUT2D eigenvalue weighted by Gasteiger charge is 2.25. The Bertz CT molecular complexity index is 812. The summed E-state index contributed by atoms with van der Waals surface area (Å²) in [5.41, 5.74) is 0. The van der Waals surface area contributed by atoms with Crippen LogP contribution >= 0.6 is 35.3 Å². The Hall–Kier alpha value is -1.20. The molecule has 9 heteroatoms. The van der Waals surface area contributed by atoms with Crippen LogP contribution in [0.15, 0.2) is 22.5 Å². The van der Waals surface area contributed by atoms with Crippen molar-refractivity contribution >= 4 is 41.3 Å². The van der Waals surface area contributed by atoms with Crippen LogP contribution in [0, 0.1) is 5.92 Å². The summed E-state index contributed by atoms with van der Waals surface area (Å²) in [6.45, 7) is 10.1. The average Bonchev–Trinajstić information content (AvgIpc) is 3.44. The second-order valence-corrected chi connectivity index (χ2v) is 9.45. The fourth-order valence-corrected chi connectivity index (χ4v) is 5.26. The first-order chi connectivity index (χ1) is 14.7. The highest BCUT2D eigenvalue weighted by Crippen LogP contribution is 2.29. The SMILES string of the molecule is CCNC(=NCc1nnc2n1CCCC2)NCC(c1cccs1)N1CCC(C)CC1.I. The molecule has 4 heterocycles. The molecule has 2 aliphatic rings. The molecule has 1 atom stereocenters. The number of rotatable bonds is 7. The van der Waals surface area contributed by atoms with E-state index in [9.17, 15) is 0 Å². The van der Waals surface area contributed by atoms with Crippen molar-refractivity contribution < 1.29 is 0 Å². The Kier molecular flexibility index (Phi) is 9.58. The molecule has 1 saturated heterocycles. The Morgan fingerprint density at radius 1 is 1.23 bits per heavy atom. The lowest BCUT2D eigenvalue weighted by Gasteiger charge is -2.36.